The van der Waals surface area contributed by atoms with Crippen LogP contribution in [-0.2, 0) is 4.79 Å². The maximum atomic E-state index is 12.2. The van der Waals surface area contributed by atoms with Gasteiger partial charge in [-0.25, -0.2) is 0 Å². The fraction of sp³-hybridized carbons (Fsp3) is 0.208. The molecule has 2 aromatic carbocycles. The molecular formula is C24H23ClN2O2. The average Bonchev–Trinajstić information content (AvgIpc) is 3.41. The van der Waals surface area contributed by atoms with E-state index in [9.17, 15) is 4.79 Å². The zero-order chi connectivity index (χ0) is 20.2. The van der Waals surface area contributed by atoms with E-state index in [1.165, 1.54) is 24.6 Å². The summed E-state index contributed by atoms with van der Waals surface area (Å²) in [6.07, 6.45) is 5.62. The standard InChI is InChI=1S/C24H23ClN2O2/c1-17-4-5-18(16-22(17)25)23-12-10-21(29-23)11-13-24(28)26-19-6-8-20(9-7-19)27-14-2-3-15-27/h4-13,16H,2-3,14-15H2,1H3,(H,26,28)/b13-11+. The lowest BCUT2D eigenvalue weighted by molar-refractivity contribution is -0.111. The van der Waals surface area contributed by atoms with Gasteiger partial charge in [-0.2, -0.15) is 0 Å². The molecule has 1 saturated heterocycles. The molecule has 29 heavy (non-hydrogen) atoms. The van der Waals surface area contributed by atoms with Crippen LogP contribution in [-0.4, -0.2) is 19.0 Å². The number of aryl methyl sites for hydroxylation is 1. The molecule has 4 rings (SSSR count). The molecule has 0 unspecified atom stereocenters. The highest BCUT2D eigenvalue weighted by Gasteiger charge is 2.12. The van der Waals surface area contributed by atoms with Crippen molar-refractivity contribution in [2.45, 2.75) is 19.8 Å². The van der Waals surface area contributed by atoms with Gasteiger partial charge in [0.15, 0.2) is 0 Å². The minimum absolute atomic E-state index is 0.199. The first kappa shape index (κ1) is 19.3. The van der Waals surface area contributed by atoms with E-state index in [1.807, 2.05) is 49.4 Å². The summed E-state index contributed by atoms with van der Waals surface area (Å²) in [6, 6.07) is 17.5. The number of carbonyl (C=O) groups excluding carboxylic acids is 1. The summed E-state index contributed by atoms with van der Waals surface area (Å²) >= 11 is 6.19. The predicted molar refractivity (Wildman–Crippen MR) is 119 cm³/mol. The van der Waals surface area contributed by atoms with Gasteiger partial charge in [-0.15, -0.1) is 0 Å². The third-order valence-electron chi connectivity index (χ3n) is 5.09. The Morgan fingerprint density at radius 1 is 1.07 bits per heavy atom. The Balaban J connectivity index is 1.37. The number of anilines is 2. The van der Waals surface area contributed by atoms with Crippen molar-refractivity contribution in [3.63, 3.8) is 0 Å². The number of halogens is 1. The number of nitrogens with one attached hydrogen (secondary N) is 1. The molecule has 148 valence electrons. The van der Waals surface area contributed by atoms with Gasteiger partial charge in [0.2, 0.25) is 5.91 Å². The summed E-state index contributed by atoms with van der Waals surface area (Å²) in [6.45, 7) is 4.17. The molecule has 1 aromatic heterocycles. The van der Waals surface area contributed by atoms with Gasteiger partial charge in [0, 0.05) is 41.1 Å². The Bertz CT molecular complexity index is 1030. The van der Waals surface area contributed by atoms with Crippen LogP contribution in [0, 0.1) is 6.92 Å². The average molecular weight is 407 g/mol. The van der Waals surface area contributed by atoms with Crippen LogP contribution in [0.4, 0.5) is 11.4 Å². The molecule has 1 amide bonds. The molecule has 0 atom stereocenters. The summed E-state index contributed by atoms with van der Waals surface area (Å²) < 4.78 is 5.81. The minimum Gasteiger partial charge on any atom is -0.457 e. The summed E-state index contributed by atoms with van der Waals surface area (Å²) in [5.41, 5.74) is 3.91. The topological polar surface area (TPSA) is 45.5 Å². The van der Waals surface area contributed by atoms with Crippen molar-refractivity contribution in [1.29, 1.82) is 0 Å². The number of furan rings is 1. The maximum Gasteiger partial charge on any atom is 0.248 e. The number of hydrogen-bond donors (Lipinski definition) is 1. The van der Waals surface area contributed by atoms with E-state index < -0.39 is 0 Å². The number of carbonyl (C=O) groups is 1. The highest BCUT2D eigenvalue weighted by atomic mass is 35.5. The van der Waals surface area contributed by atoms with Crippen LogP contribution < -0.4 is 10.2 Å². The van der Waals surface area contributed by atoms with Gasteiger partial charge in [0.25, 0.3) is 0 Å². The summed E-state index contributed by atoms with van der Waals surface area (Å²) in [5.74, 6) is 1.12. The van der Waals surface area contributed by atoms with Crippen molar-refractivity contribution in [1.82, 2.24) is 0 Å². The fourth-order valence-corrected chi connectivity index (χ4v) is 3.60. The quantitative estimate of drug-likeness (QED) is 0.516. The van der Waals surface area contributed by atoms with E-state index in [0.717, 1.165) is 29.9 Å². The van der Waals surface area contributed by atoms with Gasteiger partial charge in [0.05, 0.1) is 0 Å². The van der Waals surface area contributed by atoms with Crippen molar-refractivity contribution in [3.05, 3.63) is 77.0 Å². The summed E-state index contributed by atoms with van der Waals surface area (Å²) in [7, 11) is 0. The SMILES string of the molecule is Cc1ccc(-c2ccc(/C=C/C(=O)Nc3ccc(N4CCCC4)cc3)o2)cc1Cl. The molecule has 2 heterocycles. The summed E-state index contributed by atoms with van der Waals surface area (Å²) in [4.78, 5) is 14.6. The Morgan fingerprint density at radius 2 is 1.83 bits per heavy atom. The van der Waals surface area contributed by atoms with Crippen LogP contribution in [0.3, 0.4) is 0 Å². The second-order valence-electron chi connectivity index (χ2n) is 7.23. The van der Waals surface area contributed by atoms with Gasteiger partial charge in [-0.3, -0.25) is 4.79 Å². The molecule has 0 aliphatic carbocycles. The molecule has 5 heteroatoms. The highest BCUT2D eigenvalue weighted by molar-refractivity contribution is 6.31. The first-order valence-electron chi connectivity index (χ1n) is 9.79. The van der Waals surface area contributed by atoms with E-state index >= 15 is 0 Å². The third kappa shape index (κ3) is 4.72. The normalized spacial score (nSPS) is 13.9. The second kappa shape index (κ2) is 8.58. The third-order valence-corrected chi connectivity index (χ3v) is 5.50. The highest BCUT2D eigenvalue weighted by Crippen LogP contribution is 2.27. The number of amides is 1. The number of nitrogens with zero attached hydrogens (tertiary/aromatic N) is 1. The second-order valence-corrected chi connectivity index (χ2v) is 7.64. The smallest absolute Gasteiger partial charge is 0.248 e. The van der Waals surface area contributed by atoms with Gasteiger partial charge in [-0.05, 0) is 73.9 Å². The van der Waals surface area contributed by atoms with Crippen molar-refractivity contribution in [2.24, 2.45) is 0 Å². The fourth-order valence-electron chi connectivity index (χ4n) is 3.42. The lowest BCUT2D eigenvalue weighted by Crippen LogP contribution is -2.17. The van der Waals surface area contributed by atoms with E-state index in [4.69, 9.17) is 16.0 Å². The first-order valence-corrected chi connectivity index (χ1v) is 10.2. The molecule has 1 fully saturated rings. The number of hydrogen-bond acceptors (Lipinski definition) is 3. The maximum absolute atomic E-state index is 12.2. The molecule has 0 spiro atoms. The van der Waals surface area contributed by atoms with E-state index in [1.54, 1.807) is 6.08 Å². The molecule has 4 nitrogen and oxygen atoms in total. The molecule has 1 N–H and O–H groups in total. The number of benzene rings is 2. The van der Waals surface area contributed by atoms with Crippen molar-refractivity contribution < 1.29 is 9.21 Å². The minimum atomic E-state index is -0.199. The molecule has 1 aliphatic rings. The first-order chi connectivity index (χ1) is 14.1. The largest absolute Gasteiger partial charge is 0.457 e. The van der Waals surface area contributed by atoms with Gasteiger partial charge in [0.1, 0.15) is 11.5 Å². The zero-order valence-corrected chi connectivity index (χ0v) is 17.1. The van der Waals surface area contributed by atoms with Crippen LogP contribution in [0.25, 0.3) is 17.4 Å². The Morgan fingerprint density at radius 3 is 2.55 bits per heavy atom. The van der Waals surface area contributed by atoms with Crippen LogP contribution in [0.15, 0.2) is 65.1 Å². The monoisotopic (exact) mass is 406 g/mol. The Hall–Kier alpha value is -2.98. The zero-order valence-electron chi connectivity index (χ0n) is 16.3. The molecule has 0 radical (unpaired) electrons. The van der Waals surface area contributed by atoms with Crippen LogP contribution in [0.5, 0.6) is 0 Å². The van der Waals surface area contributed by atoms with Crippen LogP contribution in [0.2, 0.25) is 5.02 Å². The van der Waals surface area contributed by atoms with Crippen molar-refractivity contribution >= 4 is 35.0 Å². The Kier molecular flexibility index (Phi) is 5.72. The molecule has 0 saturated carbocycles. The Labute approximate surface area is 175 Å². The van der Waals surface area contributed by atoms with Crippen molar-refractivity contribution in [2.75, 3.05) is 23.3 Å². The van der Waals surface area contributed by atoms with Gasteiger partial charge in [-0.1, -0.05) is 23.7 Å². The van der Waals surface area contributed by atoms with Gasteiger partial charge < -0.3 is 14.6 Å². The molecular weight excluding hydrogens is 384 g/mol. The van der Waals surface area contributed by atoms with Crippen LogP contribution in [0.1, 0.15) is 24.2 Å². The molecule has 3 aromatic rings. The van der Waals surface area contributed by atoms with E-state index in [2.05, 4.69) is 22.3 Å². The molecule has 0 bridgehead atoms. The number of rotatable bonds is 5. The predicted octanol–water partition coefficient (Wildman–Crippen LogP) is 6.16. The van der Waals surface area contributed by atoms with Crippen LogP contribution >= 0.6 is 11.6 Å². The summed E-state index contributed by atoms with van der Waals surface area (Å²) in [5, 5.41) is 3.58. The van der Waals surface area contributed by atoms with E-state index in [-0.39, 0.29) is 5.91 Å². The molecule has 1 aliphatic heterocycles. The van der Waals surface area contributed by atoms with Gasteiger partial charge >= 0.3 is 0 Å². The lowest BCUT2D eigenvalue weighted by atomic mass is 10.1. The van der Waals surface area contributed by atoms with E-state index in [0.29, 0.717) is 16.5 Å². The van der Waals surface area contributed by atoms with Crippen molar-refractivity contribution in [3.8, 4) is 11.3 Å². The lowest BCUT2D eigenvalue weighted by Gasteiger charge is -2.17.